The van der Waals surface area contributed by atoms with Gasteiger partial charge in [0.1, 0.15) is 12.0 Å². The molecule has 0 unspecified atom stereocenters. The van der Waals surface area contributed by atoms with Gasteiger partial charge in [0.05, 0.1) is 6.20 Å². The zero-order valence-corrected chi connectivity index (χ0v) is 7.10. The molecule has 4 nitrogen and oxygen atoms in total. The third-order valence-corrected chi connectivity index (χ3v) is 1.19. The lowest BCUT2D eigenvalue weighted by Gasteiger charge is -1.95. The maximum absolute atomic E-state index is 4.06. The summed E-state index contributed by atoms with van der Waals surface area (Å²) in [4.78, 5) is 15.9. The van der Waals surface area contributed by atoms with Crippen molar-refractivity contribution < 1.29 is 0 Å². The van der Waals surface area contributed by atoms with E-state index in [1.165, 1.54) is 6.33 Å². The molecule has 1 heterocycles. The predicted molar refractivity (Wildman–Crippen MR) is 49.7 cm³/mol. The molecule has 1 aromatic rings. The number of aliphatic imine (C=N–C) groups is 2. The van der Waals surface area contributed by atoms with Crippen LogP contribution in [0, 0.1) is 0 Å². The molecule has 62 valence electrons. The summed E-state index contributed by atoms with van der Waals surface area (Å²) in [5.41, 5.74) is 0.693. The van der Waals surface area contributed by atoms with E-state index in [2.05, 4.69) is 20.0 Å². The molecular formula is C8H10N4. The Bertz CT molecular complexity index is 273. The van der Waals surface area contributed by atoms with E-state index in [0.717, 1.165) is 0 Å². The second-order valence-corrected chi connectivity index (χ2v) is 2.01. The van der Waals surface area contributed by atoms with E-state index in [9.17, 15) is 0 Å². The molecular weight excluding hydrogens is 152 g/mol. The van der Waals surface area contributed by atoms with Crippen molar-refractivity contribution in [2.24, 2.45) is 9.98 Å². The van der Waals surface area contributed by atoms with Crippen LogP contribution >= 0.6 is 0 Å². The maximum atomic E-state index is 4.06. The minimum absolute atomic E-state index is 0.602. The van der Waals surface area contributed by atoms with Gasteiger partial charge < -0.3 is 0 Å². The number of hydrogen-bond donors (Lipinski definition) is 0. The van der Waals surface area contributed by atoms with Gasteiger partial charge in [0.25, 0.3) is 0 Å². The van der Waals surface area contributed by atoms with Crippen molar-refractivity contribution in [1.82, 2.24) is 9.97 Å². The van der Waals surface area contributed by atoms with E-state index in [1.807, 2.05) is 13.8 Å². The van der Waals surface area contributed by atoms with Gasteiger partial charge in [-0.3, -0.25) is 4.99 Å². The first-order valence-corrected chi connectivity index (χ1v) is 3.66. The summed E-state index contributed by atoms with van der Waals surface area (Å²) in [6.07, 6.45) is 6.46. The summed E-state index contributed by atoms with van der Waals surface area (Å²) in [7, 11) is 0. The summed E-state index contributed by atoms with van der Waals surface area (Å²) in [6, 6.07) is 0. The highest BCUT2D eigenvalue weighted by Gasteiger charge is 1.96. The lowest BCUT2D eigenvalue weighted by Crippen LogP contribution is -1.78. The van der Waals surface area contributed by atoms with Crippen LogP contribution in [0.2, 0.25) is 0 Å². The number of hydrogen-bond acceptors (Lipinski definition) is 4. The molecule has 0 aromatic carbocycles. The van der Waals surface area contributed by atoms with Crippen molar-refractivity contribution in [3.63, 3.8) is 0 Å². The third kappa shape index (κ3) is 1.95. The molecule has 0 atom stereocenters. The molecule has 1 aromatic heterocycles. The van der Waals surface area contributed by atoms with Crippen molar-refractivity contribution in [1.29, 1.82) is 0 Å². The van der Waals surface area contributed by atoms with E-state index in [1.54, 1.807) is 18.6 Å². The van der Waals surface area contributed by atoms with Gasteiger partial charge in [0.15, 0.2) is 5.82 Å². The fraction of sp³-hybridized carbons (Fsp3) is 0.250. The molecule has 0 amide bonds. The summed E-state index contributed by atoms with van der Waals surface area (Å²) in [5.74, 6) is 0.602. The van der Waals surface area contributed by atoms with Gasteiger partial charge in [-0.15, -0.1) is 0 Å². The molecule has 0 fully saturated rings. The van der Waals surface area contributed by atoms with E-state index in [0.29, 0.717) is 11.5 Å². The molecule has 0 radical (unpaired) electrons. The first kappa shape index (κ1) is 8.52. The number of nitrogens with zero attached hydrogens (tertiary/aromatic N) is 4. The SMILES string of the molecule is C/C=N\c1cncnc1/N=C\C. The van der Waals surface area contributed by atoms with Crippen LogP contribution in [-0.2, 0) is 0 Å². The topological polar surface area (TPSA) is 50.5 Å². The van der Waals surface area contributed by atoms with Crippen LogP contribution in [0.4, 0.5) is 11.5 Å². The van der Waals surface area contributed by atoms with Crippen LogP contribution in [0.25, 0.3) is 0 Å². The van der Waals surface area contributed by atoms with Gasteiger partial charge >= 0.3 is 0 Å². The van der Waals surface area contributed by atoms with Crippen molar-refractivity contribution in [2.45, 2.75) is 13.8 Å². The highest BCUT2D eigenvalue weighted by atomic mass is 15.0. The minimum Gasteiger partial charge on any atom is -0.256 e. The Morgan fingerprint density at radius 3 is 2.67 bits per heavy atom. The Balaban J connectivity index is 3.08. The zero-order chi connectivity index (χ0) is 8.81. The summed E-state index contributed by atoms with van der Waals surface area (Å²) in [6.45, 7) is 3.67. The second kappa shape index (κ2) is 4.33. The van der Waals surface area contributed by atoms with Crippen LogP contribution in [0.3, 0.4) is 0 Å². The van der Waals surface area contributed by atoms with Gasteiger partial charge in [-0.2, -0.15) is 0 Å². The molecule has 1 rings (SSSR count). The van der Waals surface area contributed by atoms with E-state index in [4.69, 9.17) is 0 Å². The van der Waals surface area contributed by atoms with Crippen LogP contribution in [0.15, 0.2) is 22.5 Å². The molecule has 0 aliphatic carbocycles. The van der Waals surface area contributed by atoms with Gasteiger partial charge in [0.2, 0.25) is 0 Å². The molecule has 0 aliphatic rings. The monoisotopic (exact) mass is 162 g/mol. The average molecular weight is 162 g/mol. The fourth-order valence-electron chi connectivity index (χ4n) is 0.768. The van der Waals surface area contributed by atoms with Crippen LogP contribution < -0.4 is 0 Å². The zero-order valence-electron chi connectivity index (χ0n) is 7.10. The Morgan fingerprint density at radius 1 is 1.25 bits per heavy atom. The van der Waals surface area contributed by atoms with E-state index < -0.39 is 0 Å². The third-order valence-electron chi connectivity index (χ3n) is 1.19. The van der Waals surface area contributed by atoms with Crippen LogP contribution in [0.5, 0.6) is 0 Å². The largest absolute Gasteiger partial charge is 0.256 e. The average Bonchev–Trinajstić information content (AvgIpc) is 2.09. The lowest BCUT2D eigenvalue weighted by atomic mass is 10.5. The quantitative estimate of drug-likeness (QED) is 0.624. The lowest BCUT2D eigenvalue weighted by molar-refractivity contribution is 1.14. The molecule has 0 N–H and O–H groups in total. The van der Waals surface area contributed by atoms with Gasteiger partial charge in [-0.25, -0.2) is 15.0 Å². The van der Waals surface area contributed by atoms with Gasteiger partial charge in [-0.05, 0) is 13.8 Å². The van der Waals surface area contributed by atoms with Crippen LogP contribution in [-0.4, -0.2) is 22.4 Å². The first-order valence-electron chi connectivity index (χ1n) is 3.66. The highest BCUT2D eigenvalue weighted by Crippen LogP contribution is 2.21. The summed E-state index contributed by atoms with van der Waals surface area (Å²) < 4.78 is 0. The molecule has 0 spiro atoms. The Hall–Kier alpha value is -1.58. The smallest absolute Gasteiger partial charge is 0.180 e. The summed E-state index contributed by atoms with van der Waals surface area (Å²) >= 11 is 0. The Morgan fingerprint density at radius 2 is 2.00 bits per heavy atom. The fourth-order valence-corrected chi connectivity index (χ4v) is 0.768. The van der Waals surface area contributed by atoms with Crippen molar-refractivity contribution in [3.05, 3.63) is 12.5 Å². The molecule has 4 heteroatoms. The molecule has 12 heavy (non-hydrogen) atoms. The Labute approximate surface area is 71.1 Å². The van der Waals surface area contributed by atoms with Crippen molar-refractivity contribution >= 4 is 23.9 Å². The van der Waals surface area contributed by atoms with E-state index in [-0.39, 0.29) is 0 Å². The number of aromatic nitrogens is 2. The molecule has 0 saturated carbocycles. The maximum Gasteiger partial charge on any atom is 0.180 e. The molecule has 0 saturated heterocycles. The molecule has 0 aliphatic heterocycles. The second-order valence-electron chi connectivity index (χ2n) is 2.01. The van der Waals surface area contributed by atoms with E-state index >= 15 is 0 Å². The predicted octanol–water partition coefficient (Wildman–Crippen LogP) is 1.92. The standard InChI is InChI=1S/C8H10N4/c1-3-10-7-5-9-6-12-8(7)11-4-2/h3-6H,1-2H3/b10-3-,11-4-. The van der Waals surface area contributed by atoms with Crippen molar-refractivity contribution in [3.8, 4) is 0 Å². The highest BCUT2D eigenvalue weighted by molar-refractivity contribution is 5.69. The van der Waals surface area contributed by atoms with Gasteiger partial charge in [-0.1, -0.05) is 0 Å². The van der Waals surface area contributed by atoms with Gasteiger partial charge in [0, 0.05) is 12.4 Å². The number of rotatable bonds is 2. The Kier molecular flexibility index (Phi) is 3.07. The van der Waals surface area contributed by atoms with Crippen LogP contribution in [0.1, 0.15) is 13.8 Å². The van der Waals surface area contributed by atoms with Crippen molar-refractivity contribution in [2.75, 3.05) is 0 Å². The summed E-state index contributed by atoms with van der Waals surface area (Å²) in [5, 5.41) is 0. The minimum atomic E-state index is 0.602. The normalized spacial score (nSPS) is 11.5. The molecule has 0 bridgehead atoms. The first-order chi connectivity index (χ1) is 5.88.